The van der Waals surface area contributed by atoms with E-state index in [1.807, 2.05) is 38.7 Å². The molecule has 0 radical (unpaired) electrons. The Balaban J connectivity index is 1.41. The minimum atomic E-state index is -0.251. The molecule has 0 atom stereocenters. The minimum absolute atomic E-state index is 0.0145. The van der Waals surface area contributed by atoms with E-state index in [0.717, 1.165) is 37.3 Å². The van der Waals surface area contributed by atoms with Gasteiger partial charge in [0.25, 0.3) is 0 Å². The smallest absolute Gasteiger partial charge is 0.410 e. The van der Waals surface area contributed by atoms with E-state index in [-0.39, 0.29) is 18.3 Å². The van der Waals surface area contributed by atoms with E-state index in [0.29, 0.717) is 19.0 Å². The number of piperidine rings is 1. The maximum atomic E-state index is 12.1. The molecule has 0 aromatic carbocycles. The summed E-state index contributed by atoms with van der Waals surface area (Å²) in [6.07, 6.45) is 7.18. The SMILES string of the molecule is CC(C)OC(=O)N1CCC(Oc2cc(N(C)c3c4c(nn3C)CCCC4)ncn2)CC1. The molecule has 168 valence electrons. The third kappa shape index (κ3) is 4.75. The predicted molar refractivity (Wildman–Crippen MR) is 117 cm³/mol. The van der Waals surface area contributed by atoms with Gasteiger partial charge in [0.2, 0.25) is 5.88 Å². The van der Waals surface area contributed by atoms with Crippen LogP contribution >= 0.6 is 0 Å². The molecule has 2 aromatic rings. The van der Waals surface area contributed by atoms with E-state index in [2.05, 4.69) is 14.9 Å². The number of aryl methyl sites for hydroxylation is 2. The van der Waals surface area contributed by atoms with Crippen molar-refractivity contribution in [3.8, 4) is 5.88 Å². The van der Waals surface area contributed by atoms with E-state index in [1.165, 1.54) is 24.1 Å². The maximum Gasteiger partial charge on any atom is 0.410 e. The first-order valence-corrected chi connectivity index (χ1v) is 11.1. The van der Waals surface area contributed by atoms with Crippen LogP contribution in [0, 0.1) is 0 Å². The Morgan fingerprint density at radius 3 is 2.68 bits per heavy atom. The zero-order chi connectivity index (χ0) is 22.0. The fourth-order valence-electron chi connectivity index (χ4n) is 4.37. The molecule has 0 bridgehead atoms. The number of aromatic nitrogens is 4. The lowest BCUT2D eigenvalue weighted by atomic mass is 9.97. The predicted octanol–water partition coefficient (Wildman–Crippen LogP) is 3.25. The highest BCUT2D eigenvalue weighted by Gasteiger charge is 2.26. The van der Waals surface area contributed by atoms with Crippen molar-refractivity contribution in [3.63, 3.8) is 0 Å². The largest absolute Gasteiger partial charge is 0.474 e. The summed E-state index contributed by atoms with van der Waals surface area (Å²) >= 11 is 0. The first-order valence-electron chi connectivity index (χ1n) is 11.1. The van der Waals surface area contributed by atoms with Crippen LogP contribution in [-0.4, -0.2) is 63.1 Å². The number of amides is 1. The first-order chi connectivity index (χ1) is 14.9. The average molecular weight is 429 g/mol. The summed E-state index contributed by atoms with van der Waals surface area (Å²) in [6, 6.07) is 1.88. The highest BCUT2D eigenvalue weighted by atomic mass is 16.6. The molecule has 3 heterocycles. The Bertz CT molecular complexity index is 920. The van der Waals surface area contributed by atoms with E-state index in [4.69, 9.17) is 14.6 Å². The number of carbonyl (C=O) groups is 1. The minimum Gasteiger partial charge on any atom is -0.474 e. The van der Waals surface area contributed by atoms with Gasteiger partial charge < -0.3 is 19.3 Å². The number of ether oxygens (including phenoxy) is 2. The quantitative estimate of drug-likeness (QED) is 0.723. The standard InChI is InChI=1S/C22H32N6O3/c1-15(2)30-22(29)28-11-9-16(10-12-28)31-20-13-19(23-14-24-20)26(3)21-17-7-5-6-8-18(17)25-27(21)4/h13-16H,5-12H2,1-4H3. The molecule has 1 aliphatic heterocycles. The Kier molecular flexibility index (Phi) is 6.29. The second-order valence-electron chi connectivity index (χ2n) is 8.59. The van der Waals surface area contributed by atoms with Crippen LogP contribution in [0.3, 0.4) is 0 Å². The molecular formula is C22H32N6O3. The van der Waals surface area contributed by atoms with Crippen molar-refractivity contribution in [2.24, 2.45) is 7.05 Å². The number of hydrogen-bond acceptors (Lipinski definition) is 7. The van der Waals surface area contributed by atoms with E-state index in [9.17, 15) is 4.79 Å². The van der Waals surface area contributed by atoms with Crippen LogP contribution in [-0.2, 0) is 24.6 Å². The van der Waals surface area contributed by atoms with Crippen LogP contribution in [0.5, 0.6) is 5.88 Å². The van der Waals surface area contributed by atoms with Gasteiger partial charge in [0.15, 0.2) is 0 Å². The average Bonchev–Trinajstić information content (AvgIpc) is 3.09. The van der Waals surface area contributed by atoms with Crippen molar-refractivity contribution < 1.29 is 14.3 Å². The fourth-order valence-corrected chi connectivity index (χ4v) is 4.37. The Hall–Kier alpha value is -2.84. The maximum absolute atomic E-state index is 12.1. The van der Waals surface area contributed by atoms with E-state index in [1.54, 1.807) is 11.2 Å². The molecule has 2 aromatic heterocycles. The van der Waals surface area contributed by atoms with Crippen molar-refractivity contribution in [3.05, 3.63) is 23.7 Å². The molecule has 4 rings (SSSR count). The highest BCUT2D eigenvalue weighted by molar-refractivity contribution is 5.67. The van der Waals surface area contributed by atoms with Gasteiger partial charge in [-0.15, -0.1) is 0 Å². The van der Waals surface area contributed by atoms with Crippen LogP contribution in [0.4, 0.5) is 16.4 Å². The van der Waals surface area contributed by atoms with Crippen molar-refractivity contribution in [1.82, 2.24) is 24.6 Å². The fraction of sp³-hybridized carbons (Fsp3) is 0.636. The molecule has 9 heteroatoms. The third-order valence-electron chi connectivity index (χ3n) is 5.90. The molecule has 2 aliphatic rings. The van der Waals surface area contributed by atoms with Crippen molar-refractivity contribution >= 4 is 17.7 Å². The lowest BCUT2D eigenvalue weighted by Gasteiger charge is -2.31. The summed E-state index contributed by atoms with van der Waals surface area (Å²) in [4.78, 5) is 24.6. The zero-order valence-corrected chi connectivity index (χ0v) is 18.9. The van der Waals surface area contributed by atoms with Gasteiger partial charge in [-0.2, -0.15) is 5.10 Å². The molecule has 0 saturated carbocycles. The summed E-state index contributed by atoms with van der Waals surface area (Å²) in [5.74, 6) is 2.41. The van der Waals surface area contributed by atoms with Gasteiger partial charge in [-0.1, -0.05) is 0 Å². The lowest BCUT2D eigenvalue weighted by molar-refractivity contribution is 0.0507. The van der Waals surface area contributed by atoms with Gasteiger partial charge in [-0.25, -0.2) is 14.8 Å². The molecule has 1 fully saturated rings. The number of carbonyl (C=O) groups excluding carboxylic acids is 1. The molecule has 0 unspecified atom stereocenters. The summed E-state index contributed by atoms with van der Waals surface area (Å²) in [6.45, 7) is 4.96. The summed E-state index contributed by atoms with van der Waals surface area (Å²) in [5.41, 5.74) is 2.52. The number of rotatable bonds is 5. The lowest BCUT2D eigenvalue weighted by Crippen LogP contribution is -2.42. The molecular weight excluding hydrogens is 396 g/mol. The van der Waals surface area contributed by atoms with Crippen molar-refractivity contribution in [2.45, 2.75) is 64.6 Å². The van der Waals surface area contributed by atoms with E-state index >= 15 is 0 Å². The summed E-state index contributed by atoms with van der Waals surface area (Å²) < 4.78 is 13.4. The van der Waals surface area contributed by atoms with Gasteiger partial charge in [0, 0.05) is 51.7 Å². The molecule has 1 saturated heterocycles. The number of likely N-dealkylation sites (tertiary alicyclic amines) is 1. The van der Waals surface area contributed by atoms with Gasteiger partial charge >= 0.3 is 6.09 Å². The molecule has 1 amide bonds. The van der Waals surface area contributed by atoms with Gasteiger partial charge in [0.05, 0.1) is 11.8 Å². The van der Waals surface area contributed by atoms with Gasteiger partial charge in [-0.05, 0) is 39.5 Å². The first kappa shape index (κ1) is 21.4. The zero-order valence-electron chi connectivity index (χ0n) is 18.9. The van der Waals surface area contributed by atoms with Crippen LogP contribution in [0.1, 0.15) is 50.8 Å². The molecule has 9 nitrogen and oxygen atoms in total. The number of nitrogens with zero attached hydrogens (tertiary/aromatic N) is 6. The Labute approximate surface area is 183 Å². The van der Waals surface area contributed by atoms with E-state index < -0.39 is 0 Å². The number of hydrogen-bond donors (Lipinski definition) is 0. The van der Waals surface area contributed by atoms with Crippen LogP contribution in [0.15, 0.2) is 12.4 Å². The number of anilines is 2. The van der Waals surface area contributed by atoms with Crippen molar-refractivity contribution in [2.75, 3.05) is 25.0 Å². The Morgan fingerprint density at radius 2 is 1.94 bits per heavy atom. The second kappa shape index (κ2) is 9.11. The normalized spacial score (nSPS) is 16.9. The second-order valence-corrected chi connectivity index (χ2v) is 8.59. The third-order valence-corrected chi connectivity index (χ3v) is 5.90. The number of fused-ring (bicyclic) bond motifs is 1. The highest BCUT2D eigenvalue weighted by Crippen LogP contribution is 2.33. The van der Waals surface area contributed by atoms with Gasteiger partial charge in [0.1, 0.15) is 24.1 Å². The van der Waals surface area contributed by atoms with Crippen LogP contribution in [0.25, 0.3) is 0 Å². The molecule has 0 spiro atoms. The van der Waals surface area contributed by atoms with Crippen molar-refractivity contribution in [1.29, 1.82) is 0 Å². The van der Waals surface area contributed by atoms with Crippen LogP contribution in [0.2, 0.25) is 0 Å². The molecule has 1 aliphatic carbocycles. The Morgan fingerprint density at radius 1 is 1.19 bits per heavy atom. The summed E-state index contributed by atoms with van der Waals surface area (Å²) in [7, 11) is 4.00. The molecule has 0 N–H and O–H groups in total. The van der Waals surface area contributed by atoms with Crippen LogP contribution < -0.4 is 9.64 Å². The summed E-state index contributed by atoms with van der Waals surface area (Å²) in [5, 5.41) is 4.71. The van der Waals surface area contributed by atoms with Gasteiger partial charge in [-0.3, -0.25) is 4.68 Å². The molecule has 31 heavy (non-hydrogen) atoms. The topological polar surface area (TPSA) is 85.6 Å². The monoisotopic (exact) mass is 428 g/mol.